The van der Waals surface area contributed by atoms with Gasteiger partial charge < -0.3 is 10.2 Å². The predicted molar refractivity (Wildman–Crippen MR) is 125 cm³/mol. The zero-order chi connectivity index (χ0) is 21.8. The van der Waals surface area contributed by atoms with Gasteiger partial charge in [0.05, 0.1) is 10.6 Å². The van der Waals surface area contributed by atoms with Crippen molar-refractivity contribution in [2.75, 3.05) is 36.4 Å². The van der Waals surface area contributed by atoms with Crippen LogP contribution in [-0.2, 0) is 6.54 Å². The highest BCUT2D eigenvalue weighted by atomic mass is 35.5. The van der Waals surface area contributed by atoms with Crippen LogP contribution >= 0.6 is 23.2 Å². The molecule has 4 rings (SSSR count). The van der Waals surface area contributed by atoms with E-state index in [1.807, 2.05) is 36.4 Å². The van der Waals surface area contributed by atoms with Gasteiger partial charge >= 0.3 is 0 Å². The van der Waals surface area contributed by atoms with Gasteiger partial charge in [0.1, 0.15) is 5.82 Å². The minimum absolute atomic E-state index is 0.151. The van der Waals surface area contributed by atoms with E-state index >= 15 is 0 Å². The highest BCUT2D eigenvalue weighted by Gasteiger charge is 2.18. The van der Waals surface area contributed by atoms with Crippen molar-refractivity contribution in [3.63, 3.8) is 0 Å². The Morgan fingerprint density at radius 2 is 1.65 bits per heavy atom. The Balaban J connectivity index is 1.32. The summed E-state index contributed by atoms with van der Waals surface area (Å²) in [5.41, 5.74) is 2.89. The van der Waals surface area contributed by atoms with Gasteiger partial charge in [-0.05, 0) is 48.5 Å². The number of nitrogens with zero attached hydrogens (tertiary/aromatic N) is 2. The van der Waals surface area contributed by atoms with Crippen molar-refractivity contribution in [2.24, 2.45) is 0 Å². The number of hydrogen-bond donors (Lipinski definition) is 1. The molecule has 0 aliphatic carbocycles. The predicted octanol–water partition coefficient (Wildman–Crippen LogP) is 5.71. The normalized spacial score (nSPS) is 14.5. The van der Waals surface area contributed by atoms with E-state index in [1.54, 1.807) is 24.3 Å². The number of amides is 1. The molecular formula is C24H22Cl2FN3O. The second-order valence-electron chi connectivity index (χ2n) is 7.48. The molecule has 1 fully saturated rings. The number of rotatable bonds is 5. The van der Waals surface area contributed by atoms with Crippen molar-refractivity contribution in [3.05, 3.63) is 93.7 Å². The number of anilines is 2. The molecule has 0 aromatic heterocycles. The maximum atomic E-state index is 13.9. The Morgan fingerprint density at radius 1 is 0.935 bits per heavy atom. The highest BCUT2D eigenvalue weighted by molar-refractivity contribution is 6.37. The standard InChI is InChI=1S/C24H22Cl2FN3O/c25-18-5-10-21(22(26)15-18)24(31)28-19-6-8-20(9-7-19)30-13-11-29(12-14-30)16-17-3-1-2-4-23(17)27/h1-10,15H,11-14,16H2,(H,28,31). The molecule has 0 atom stereocenters. The van der Waals surface area contributed by atoms with Crippen LogP contribution < -0.4 is 10.2 Å². The maximum Gasteiger partial charge on any atom is 0.257 e. The molecule has 0 radical (unpaired) electrons. The van der Waals surface area contributed by atoms with E-state index < -0.39 is 0 Å². The van der Waals surface area contributed by atoms with Crippen molar-refractivity contribution in [2.45, 2.75) is 6.54 Å². The third-order valence-electron chi connectivity index (χ3n) is 5.39. The van der Waals surface area contributed by atoms with Gasteiger partial charge in [0.2, 0.25) is 0 Å². The molecular weight excluding hydrogens is 436 g/mol. The third-order valence-corrected chi connectivity index (χ3v) is 5.94. The lowest BCUT2D eigenvalue weighted by molar-refractivity contribution is 0.102. The van der Waals surface area contributed by atoms with Gasteiger partial charge in [0.25, 0.3) is 5.91 Å². The molecule has 1 heterocycles. The molecule has 1 aliphatic rings. The first-order valence-electron chi connectivity index (χ1n) is 10.1. The van der Waals surface area contributed by atoms with Gasteiger partial charge in [0, 0.05) is 54.7 Å². The smallest absolute Gasteiger partial charge is 0.257 e. The van der Waals surface area contributed by atoms with Crippen LogP contribution in [0.15, 0.2) is 66.7 Å². The fourth-order valence-electron chi connectivity index (χ4n) is 3.66. The van der Waals surface area contributed by atoms with E-state index in [2.05, 4.69) is 15.1 Å². The number of hydrogen-bond acceptors (Lipinski definition) is 3. The lowest BCUT2D eigenvalue weighted by atomic mass is 10.1. The van der Waals surface area contributed by atoms with Gasteiger partial charge in [-0.1, -0.05) is 41.4 Å². The van der Waals surface area contributed by atoms with Crippen molar-refractivity contribution in [1.29, 1.82) is 0 Å². The van der Waals surface area contributed by atoms with Crippen LogP contribution in [-0.4, -0.2) is 37.0 Å². The Labute approximate surface area is 191 Å². The van der Waals surface area contributed by atoms with Gasteiger partial charge in [-0.3, -0.25) is 9.69 Å². The third kappa shape index (κ3) is 5.37. The molecule has 31 heavy (non-hydrogen) atoms. The first-order chi connectivity index (χ1) is 15.0. The minimum Gasteiger partial charge on any atom is -0.369 e. The fraction of sp³-hybridized carbons (Fsp3) is 0.208. The summed E-state index contributed by atoms with van der Waals surface area (Å²) in [6.07, 6.45) is 0. The summed E-state index contributed by atoms with van der Waals surface area (Å²) in [7, 11) is 0. The second kappa shape index (κ2) is 9.69. The number of halogens is 3. The minimum atomic E-state index is -0.281. The Hall–Kier alpha value is -2.60. The molecule has 0 saturated carbocycles. The molecule has 1 N–H and O–H groups in total. The Bertz CT molecular complexity index is 1070. The van der Waals surface area contributed by atoms with E-state index in [0.29, 0.717) is 27.8 Å². The van der Waals surface area contributed by atoms with Crippen molar-refractivity contribution < 1.29 is 9.18 Å². The van der Waals surface area contributed by atoms with E-state index in [9.17, 15) is 9.18 Å². The second-order valence-corrected chi connectivity index (χ2v) is 8.32. The summed E-state index contributed by atoms with van der Waals surface area (Å²) in [5, 5.41) is 3.66. The van der Waals surface area contributed by atoms with Gasteiger partial charge in [-0.25, -0.2) is 4.39 Å². The Kier molecular flexibility index (Phi) is 6.76. The molecule has 0 unspecified atom stereocenters. The van der Waals surface area contributed by atoms with Crippen LogP contribution in [0.5, 0.6) is 0 Å². The van der Waals surface area contributed by atoms with Crippen molar-refractivity contribution in [3.8, 4) is 0 Å². The molecule has 1 saturated heterocycles. The van der Waals surface area contributed by atoms with Crippen LogP contribution in [0, 0.1) is 5.82 Å². The molecule has 1 amide bonds. The average molecular weight is 458 g/mol. The topological polar surface area (TPSA) is 35.6 Å². The summed E-state index contributed by atoms with van der Waals surface area (Å²) in [4.78, 5) is 17.0. The summed E-state index contributed by atoms with van der Waals surface area (Å²) < 4.78 is 13.9. The van der Waals surface area contributed by atoms with Gasteiger partial charge in [-0.2, -0.15) is 0 Å². The average Bonchev–Trinajstić information content (AvgIpc) is 2.76. The summed E-state index contributed by atoms with van der Waals surface area (Å²) in [5.74, 6) is -0.432. The molecule has 7 heteroatoms. The van der Waals surface area contributed by atoms with Crippen LogP contribution in [0.25, 0.3) is 0 Å². The maximum absolute atomic E-state index is 13.9. The largest absolute Gasteiger partial charge is 0.369 e. The first kappa shape index (κ1) is 21.6. The molecule has 3 aromatic rings. The zero-order valence-electron chi connectivity index (χ0n) is 16.8. The first-order valence-corrected chi connectivity index (χ1v) is 10.8. The van der Waals surface area contributed by atoms with E-state index in [-0.39, 0.29) is 11.7 Å². The van der Waals surface area contributed by atoms with E-state index in [0.717, 1.165) is 37.4 Å². The Morgan fingerprint density at radius 3 is 2.32 bits per heavy atom. The lowest BCUT2D eigenvalue weighted by Crippen LogP contribution is -2.46. The highest BCUT2D eigenvalue weighted by Crippen LogP contribution is 2.24. The quantitative estimate of drug-likeness (QED) is 0.532. The molecule has 1 aliphatic heterocycles. The van der Waals surface area contributed by atoms with Crippen LogP contribution in [0.1, 0.15) is 15.9 Å². The molecule has 160 valence electrons. The number of benzene rings is 3. The summed E-state index contributed by atoms with van der Waals surface area (Å²) in [6, 6.07) is 19.5. The number of piperazine rings is 1. The molecule has 4 nitrogen and oxygen atoms in total. The van der Waals surface area contributed by atoms with E-state index in [4.69, 9.17) is 23.2 Å². The summed E-state index contributed by atoms with van der Waals surface area (Å²) in [6.45, 7) is 4.07. The van der Waals surface area contributed by atoms with Crippen LogP contribution in [0.4, 0.5) is 15.8 Å². The lowest BCUT2D eigenvalue weighted by Gasteiger charge is -2.36. The summed E-state index contributed by atoms with van der Waals surface area (Å²) >= 11 is 12.0. The number of carbonyl (C=O) groups is 1. The van der Waals surface area contributed by atoms with E-state index in [1.165, 1.54) is 6.07 Å². The zero-order valence-corrected chi connectivity index (χ0v) is 18.3. The van der Waals surface area contributed by atoms with Gasteiger partial charge in [0.15, 0.2) is 0 Å². The van der Waals surface area contributed by atoms with Crippen molar-refractivity contribution >= 4 is 40.5 Å². The van der Waals surface area contributed by atoms with Crippen LogP contribution in [0.3, 0.4) is 0 Å². The van der Waals surface area contributed by atoms with Crippen LogP contribution in [0.2, 0.25) is 10.0 Å². The molecule has 0 bridgehead atoms. The monoisotopic (exact) mass is 457 g/mol. The van der Waals surface area contributed by atoms with Gasteiger partial charge in [-0.15, -0.1) is 0 Å². The fourth-order valence-corrected chi connectivity index (χ4v) is 4.15. The molecule has 3 aromatic carbocycles. The SMILES string of the molecule is O=C(Nc1ccc(N2CCN(Cc3ccccc3F)CC2)cc1)c1ccc(Cl)cc1Cl. The van der Waals surface area contributed by atoms with Crippen molar-refractivity contribution in [1.82, 2.24) is 4.90 Å². The number of carbonyl (C=O) groups excluding carboxylic acids is 1. The number of nitrogens with one attached hydrogen (secondary N) is 1. The molecule has 0 spiro atoms.